The Balaban J connectivity index is 0.00000196. The predicted molar refractivity (Wildman–Crippen MR) is 52.8 cm³/mol. The topological polar surface area (TPSA) is 121 Å². The van der Waals surface area contributed by atoms with Gasteiger partial charge in [0.2, 0.25) is 0 Å². The SMILES string of the molecule is [C-]#[N+]c1c([O-])[nH]c(=O)c(C#N)c1CC.[NH4+]. The van der Waals surface area contributed by atoms with Crippen molar-refractivity contribution < 1.29 is 5.11 Å². The van der Waals surface area contributed by atoms with Crippen LogP contribution in [0.15, 0.2) is 4.79 Å². The van der Waals surface area contributed by atoms with Crippen molar-refractivity contribution in [3.8, 4) is 11.9 Å². The number of aromatic amines is 1. The van der Waals surface area contributed by atoms with Gasteiger partial charge in [-0.15, -0.1) is 0 Å². The summed E-state index contributed by atoms with van der Waals surface area (Å²) in [6.45, 7) is 8.45. The van der Waals surface area contributed by atoms with Crippen LogP contribution in [0.25, 0.3) is 4.85 Å². The summed E-state index contributed by atoms with van der Waals surface area (Å²) in [5.41, 5.74) is -0.792. The number of nitriles is 1. The second-order valence-corrected chi connectivity index (χ2v) is 2.56. The number of hydrogen-bond acceptors (Lipinski definition) is 3. The highest BCUT2D eigenvalue weighted by Gasteiger charge is 2.11. The summed E-state index contributed by atoms with van der Waals surface area (Å²) in [6, 6.07) is 1.69. The summed E-state index contributed by atoms with van der Waals surface area (Å²) in [4.78, 5) is 16.1. The highest BCUT2D eigenvalue weighted by atomic mass is 16.3. The molecule has 0 spiro atoms. The number of quaternary nitrogens is 1. The maximum atomic E-state index is 11.1. The van der Waals surface area contributed by atoms with Gasteiger partial charge in [-0.3, -0.25) is 4.79 Å². The molecule has 0 unspecified atom stereocenters. The number of H-pyrrole nitrogens is 1. The van der Waals surface area contributed by atoms with Crippen molar-refractivity contribution >= 4 is 5.69 Å². The van der Waals surface area contributed by atoms with Gasteiger partial charge in [0.25, 0.3) is 5.56 Å². The zero-order chi connectivity index (χ0) is 10.7. The number of rotatable bonds is 1. The first-order chi connectivity index (χ1) is 6.65. The molecule has 0 amide bonds. The average molecular weight is 206 g/mol. The van der Waals surface area contributed by atoms with Gasteiger partial charge in [0.1, 0.15) is 11.6 Å². The van der Waals surface area contributed by atoms with E-state index < -0.39 is 11.4 Å². The van der Waals surface area contributed by atoms with Crippen molar-refractivity contribution in [3.63, 3.8) is 0 Å². The van der Waals surface area contributed by atoms with Crippen LogP contribution < -0.4 is 16.8 Å². The van der Waals surface area contributed by atoms with Gasteiger partial charge in [0.15, 0.2) is 5.69 Å². The Kier molecular flexibility index (Phi) is 4.06. The second-order valence-electron chi connectivity index (χ2n) is 2.56. The zero-order valence-electron chi connectivity index (χ0n) is 8.42. The van der Waals surface area contributed by atoms with Gasteiger partial charge in [0.05, 0.1) is 6.57 Å². The lowest BCUT2D eigenvalue weighted by molar-refractivity contribution is -0.273. The molecule has 0 saturated heterocycles. The molecule has 0 bridgehead atoms. The maximum absolute atomic E-state index is 11.1. The molecule has 15 heavy (non-hydrogen) atoms. The fourth-order valence-corrected chi connectivity index (χ4v) is 1.20. The van der Waals surface area contributed by atoms with Gasteiger partial charge in [-0.25, -0.2) is 4.85 Å². The Morgan fingerprint density at radius 2 is 2.27 bits per heavy atom. The molecule has 1 rings (SSSR count). The van der Waals surface area contributed by atoms with Crippen molar-refractivity contribution in [2.45, 2.75) is 13.3 Å². The molecule has 1 aromatic heterocycles. The molecule has 0 aliphatic carbocycles. The minimum atomic E-state index is -0.721. The average Bonchev–Trinajstić information content (AvgIpc) is 2.16. The predicted octanol–water partition coefficient (Wildman–Crippen LogP) is 0.810. The third-order valence-corrected chi connectivity index (χ3v) is 1.83. The van der Waals surface area contributed by atoms with Gasteiger partial charge >= 0.3 is 0 Å². The minimum absolute atomic E-state index is 0. The van der Waals surface area contributed by atoms with E-state index in [1.54, 1.807) is 13.0 Å². The first-order valence-electron chi connectivity index (χ1n) is 3.89. The third-order valence-electron chi connectivity index (χ3n) is 1.83. The van der Waals surface area contributed by atoms with Gasteiger partial charge in [-0.05, 0) is 17.9 Å². The fraction of sp³-hybridized carbons (Fsp3) is 0.222. The van der Waals surface area contributed by atoms with Crippen LogP contribution in [0, 0.1) is 17.9 Å². The summed E-state index contributed by atoms with van der Waals surface area (Å²) in [5, 5.41) is 19.8. The Labute approximate surface area is 86.2 Å². The minimum Gasteiger partial charge on any atom is -0.869 e. The summed E-state index contributed by atoms with van der Waals surface area (Å²) in [5.74, 6) is -0.721. The molecule has 0 fully saturated rings. The molecule has 1 heterocycles. The van der Waals surface area contributed by atoms with Gasteiger partial charge in [-0.2, -0.15) is 5.26 Å². The monoisotopic (exact) mass is 206 g/mol. The summed E-state index contributed by atoms with van der Waals surface area (Å²) < 4.78 is 0. The molecule has 0 atom stereocenters. The molecule has 1 aromatic rings. The van der Waals surface area contributed by atoms with Crippen molar-refractivity contribution in [3.05, 3.63) is 32.9 Å². The Morgan fingerprint density at radius 1 is 1.67 bits per heavy atom. The van der Waals surface area contributed by atoms with E-state index in [1.165, 1.54) is 0 Å². The van der Waals surface area contributed by atoms with Crippen LogP contribution >= 0.6 is 0 Å². The normalized spacial score (nSPS) is 8.47. The van der Waals surface area contributed by atoms with Gasteiger partial charge in [0, 0.05) is 0 Å². The van der Waals surface area contributed by atoms with Crippen molar-refractivity contribution in [1.29, 1.82) is 5.26 Å². The molecular formula is C9H10N4O2. The number of pyridine rings is 1. The molecule has 6 nitrogen and oxygen atoms in total. The summed E-state index contributed by atoms with van der Waals surface area (Å²) >= 11 is 0. The van der Waals surface area contributed by atoms with E-state index in [4.69, 9.17) is 11.8 Å². The van der Waals surface area contributed by atoms with E-state index in [9.17, 15) is 9.90 Å². The molecule has 0 saturated carbocycles. The highest BCUT2D eigenvalue weighted by molar-refractivity contribution is 5.63. The third kappa shape index (κ3) is 1.96. The maximum Gasteiger partial charge on any atom is 0.263 e. The van der Waals surface area contributed by atoms with Gasteiger partial charge in [-0.1, -0.05) is 6.92 Å². The summed E-state index contributed by atoms with van der Waals surface area (Å²) in [6.07, 6.45) is 0.319. The largest absolute Gasteiger partial charge is 0.869 e. The van der Waals surface area contributed by atoms with Crippen LogP contribution in [0.2, 0.25) is 0 Å². The van der Waals surface area contributed by atoms with Crippen LogP contribution in [-0.2, 0) is 6.42 Å². The van der Waals surface area contributed by atoms with E-state index in [0.717, 1.165) is 0 Å². The zero-order valence-corrected chi connectivity index (χ0v) is 8.42. The first-order valence-corrected chi connectivity index (χ1v) is 3.89. The molecule has 6 heteroatoms. The number of hydrogen-bond donors (Lipinski definition) is 2. The Bertz CT molecular complexity index is 505. The van der Waals surface area contributed by atoms with Crippen molar-refractivity contribution in [2.24, 2.45) is 0 Å². The van der Waals surface area contributed by atoms with Crippen molar-refractivity contribution in [2.75, 3.05) is 0 Å². The van der Waals surface area contributed by atoms with Crippen LogP contribution in [0.3, 0.4) is 0 Å². The molecule has 78 valence electrons. The van der Waals surface area contributed by atoms with Crippen LogP contribution in [-0.4, -0.2) is 4.98 Å². The van der Waals surface area contributed by atoms with E-state index in [2.05, 4.69) is 4.85 Å². The number of aromatic nitrogens is 1. The molecule has 0 aliphatic rings. The molecule has 5 N–H and O–H groups in total. The highest BCUT2D eigenvalue weighted by Crippen LogP contribution is 2.26. The smallest absolute Gasteiger partial charge is 0.263 e. The van der Waals surface area contributed by atoms with E-state index in [-0.39, 0.29) is 23.0 Å². The first kappa shape index (κ1) is 12.7. The fourth-order valence-electron chi connectivity index (χ4n) is 1.20. The quantitative estimate of drug-likeness (QED) is 0.661. The molecular weight excluding hydrogens is 196 g/mol. The van der Waals surface area contributed by atoms with E-state index in [1.807, 2.05) is 4.98 Å². The molecule has 0 aromatic carbocycles. The van der Waals surface area contributed by atoms with E-state index >= 15 is 0 Å². The lowest BCUT2D eigenvalue weighted by atomic mass is 10.1. The number of nitrogens with one attached hydrogen (secondary N) is 1. The second kappa shape index (κ2) is 4.80. The Morgan fingerprint density at radius 3 is 2.67 bits per heavy atom. The van der Waals surface area contributed by atoms with Crippen LogP contribution in [0.5, 0.6) is 5.88 Å². The molecule has 0 radical (unpaired) electrons. The van der Waals surface area contributed by atoms with E-state index in [0.29, 0.717) is 6.42 Å². The lowest BCUT2D eigenvalue weighted by Crippen LogP contribution is -2.15. The van der Waals surface area contributed by atoms with Crippen molar-refractivity contribution in [1.82, 2.24) is 11.1 Å². The molecule has 0 aliphatic heterocycles. The number of nitrogens with zero attached hydrogens (tertiary/aromatic N) is 2. The summed E-state index contributed by atoms with van der Waals surface area (Å²) in [7, 11) is 0. The van der Waals surface area contributed by atoms with Crippen LogP contribution in [0.1, 0.15) is 18.1 Å². The lowest BCUT2D eigenvalue weighted by Gasteiger charge is -2.11. The Hall–Kier alpha value is -2.31. The van der Waals surface area contributed by atoms with Gasteiger partial charge < -0.3 is 16.2 Å². The van der Waals surface area contributed by atoms with Crippen LogP contribution in [0.4, 0.5) is 5.69 Å². The standard InChI is InChI=1S/C9H7N3O2.H3N/c1-3-5-6(4-10)8(13)12-9(14)7(5)11-2;/h3H2,1H3,(H2,12,13,14);1H3.